The molecule has 0 unspecified atom stereocenters. The fourth-order valence-corrected chi connectivity index (χ4v) is 3.04. The summed E-state index contributed by atoms with van der Waals surface area (Å²) in [6.07, 6.45) is 1.09. The average Bonchev–Trinajstić information content (AvgIpc) is 2.74. The Balaban J connectivity index is 1.71. The molecule has 4 N–H and O–H groups in total. The lowest BCUT2D eigenvalue weighted by Gasteiger charge is -2.26. The molecule has 0 bridgehead atoms. The Morgan fingerprint density at radius 1 is 1.00 bits per heavy atom. The molecule has 31 heavy (non-hydrogen) atoms. The summed E-state index contributed by atoms with van der Waals surface area (Å²) in [4.78, 5) is 25.4. The van der Waals surface area contributed by atoms with E-state index in [4.69, 9.17) is 27.5 Å². The van der Waals surface area contributed by atoms with Crippen LogP contribution in [0, 0.1) is 5.41 Å². The monoisotopic (exact) mass is 435 g/mol. The SMILES string of the molecule is CC(C)(Oc1ccc(C(=O)c2ccc(Cl)cc2)cc1)C(=O)Nc1cccc(N)c1C=N. The molecule has 158 valence electrons. The number of hydrogen-bond donors (Lipinski definition) is 3. The lowest BCUT2D eigenvalue weighted by Crippen LogP contribution is -2.42. The highest BCUT2D eigenvalue weighted by atomic mass is 35.5. The van der Waals surface area contributed by atoms with E-state index >= 15 is 0 Å². The van der Waals surface area contributed by atoms with Gasteiger partial charge in [-0.1, -0.05) is 17.7 Å². The first-order valence-corrected chi connectivity index (χ1v) is 9.89. The van der Waals surface area contributed by atoms with Crippen molar-refractivity contribution in [3.8, 4) is 5.75 Å². The van der Waals surface area contributed by atoms with Gasteiger partial charge in [0.25, 0.3) is 5.91 Å². The van der Waals surface area contributed by atoms with Crippen LogP contribution in [0.15, 0.2) is 66.7 Å². The largest absolute Gasteiger partial charge is 0.478 e. The standard InChI is InChI=1S/C24H22ClN3O3/c1-24(2,23(30)28-21-5-3-4-20(27)19(21)14-26)31-18-12-8-16(9-13-18)22(29)15-6-10-17(25)11-7-15/h3-14,26H,27H2,1-2H3,(H,28,30). The van der Waals surface area contributed by atoms with Crippen molar-refractivity contribution in [1.82, 2.24) is 0 Å². The number of ketones is 1. The van der Waals surface area contributed by atoms with E-state index in [1.807, 2.05) is 0 Å². The zero-order valence-electron chi connectivity index (χ0n) is 17.1. The fourth-order valence-electron chi connectivity index (χ4n) is 2.91. The van der Waals surface area contributed by atoms with E-state index in [1.54, 1.807) is 80.6 Å². The molecule has 0 spiro atoms. The summed E-state index contributed by atoms with van der Waals surface area (Å²) in [5.41, 5.74) is 6.92. The fraction of sp³-hybridized carbons (Fsp3) is 0.125. The molecule has 0 atom stereocenters. The van der Waals surface area contributed by atoms with Gasteiger partial charge in [-0.15, -0.1) is 0 Å². The van der Waals surface area contributed by atoms with E-state index in [2.05, 4.69) is 5.32 Å². The molecule has 0 aliphatic rings. The summed E-state index contributed by atoms with van der Waals surface area (Å²) in [6.45, 7) is 3.26. The number of nitrogen functional groups attached to an aromatic ring is 1. The predicted molar refractivity (Wildman–Crippen MR) is 123 cm³/mol. The normalized spacial score (nSPS) is 10.9. The Morgan fingerprint density at radius 3 is 2.16 bits per heavy atom. The molecular formula is C24H22ClN3O3. The van der Waals surface area contributed by atoms with Crippen LogP contribution in [0.3, 0.4) is 0 Å². The smallest absolute Gasteiger partial charge is 0.267 e. The Morgan fingerprint density at radius 2 is 1.58 bits per heavy atom. The van der Waals surface area contributed by atoms with Crippen LogP contribution in [-0.4, -0.2) is 23.5 Å². The zero-order valence-corrected chi connectivity index (χ0v) is 17.9. The average molecular weight is 436 g/mol. The minimum atomic E-state index is -1.22. The minimum Gasteiger partial charge on any atom is -0.478 e. The van der Waals surface area contributed by atoms with E-state index in [0.717, 1.165) is 6.21 Å². The number of carbonyl (C=O) groups excluding carboxylic acids is 2. The second-order valence-electron chi connectivity index (χ2n) is 7.38. The number of halogens is 1. The zero-order chi connectivity index (χ0) is 22.6. The molecule has 0 radical (unpaired) electrons. The third-order valence-electron chi connectivity index (χ3n) is 4.68. The Bertz CT molecular complexity index is 1120. The van der Waals surface area contributed by atoms with Gasteiger partial charge < -0.3 is 21.2 Å². The van der Waals surface area contributed by atoms with Crippen molar-refractivity contribution in [2.24, 2.45) is 0 Å². The number of amides is 1. The summed E-state index contributed by atoms with van der Waals surface area (Å²) < 4.78 is 5.87. The van der Waals surface area contributed by atoms with Gasteiger partial charge in [-0.3, -0.25) is 9.59 Å². The number of nitrogens with two attached hydrogens (primary N) is 1. The van der Waals surface area contributed by atoms with Gasteiger partial charge in [0.05, 0.1) is 5.69 Å². The summed E-state index contributed by atoms with van der Waals surface area (Å²) >= 11 is 5.87. The van der Waals surface area contributed by atoms with Crippen LogP contribution >= 0.6 is 11.6 Å². The molecule has 3 aromatic carbocycles. The molecule has 0 aliphatic heterocycles. The molecule has 3 aromatic rings. The Labute approximate surface area is 185 Å². The lowest BCUT2D eigenvalue weighted by molar-refractivity contribution is -0.128. The maximum Gasteiger partial charge on any atom is 0.267 e. The summed E-state index contributed by atoms with van der Waals surface area (Å²) in [7, 11) is 0. The highest BCUT2D eigenvalue weighted by Crippen LogP contribution is 2.24. The summed E-state index contributed by atoms with van der Waals surface area (Å²) in [5.74, 6) is -0.101. The van der Waals surface area contributed by atoms with Gasteiger partial charge in [-0.05, 0) is 74.5 Å². The predicted octanol–water partition coefficient (Wildman–Crippen LogP) is 4.95. The van der Waals surface area contributed by atoms with E-state index in [1.165, 1.54) is 0 Å². The van der Waals surface area contributed by atoms with Crippen molar-refractivity contribution in [3.63, 3.8) is 0 Å². The number of benzene rings is 3. The number of anilines is 2. The van der Waals surface area contributed by atoms with Crippen molar-refractivity contribution in [1.29, 1.82) is 5.41 Å². The lowest BCUT2D eigenvalue weighted by atomic mass is 10.0. The summed E-state index contributed by atoms with van der Waals surface area (Å²) in [5, 5.41) is 10.8. The molecule has 6 nitrogen and oxygen atoms in total. The number of nitrogens with one attached hydrogen (secondary N) is 2. The van der Waals surface area contributed by atoms with Crippen LogP contribution in [0.5, 0.6) is 5.75 Å². The molecule has 0 aliphatic carbocycles. The van der Waals surface area contributed by atoms with E-state index in [0.29, 0.717) is 38.8 Å². The molecule has 1 amide bonds. The van der Waals surface area contributed by atoms with Crippen LogP contribution in [0.25, 0.3) is 0 Å². The van der Waals surface area contributed by atoms with Crippen LogP contribution < -0.4 is 15.8 Å². The van der Waals surface area contributed by atoms with Crippen molar-refractivity contribution in [2.75, 3.05) is 11.1 Å². The number of rotatable bonds is 7. The molecule has 7 heteroatoms. The molecule has 3 rings (SSSR count). The first-order chi connectivity index (χ1) is 14.7. The van der Waals surface area contributed by atoms with Crippen LogP contribution in [0.1, 0.15) is 35.3 Å². The third kappa shape index (κ3) is 5.10. The second-order valence-corrected chi connectivity index (χ2v) is 7.82. The van der Waals surface area contributed by atoms with Crippen molar-refractivity contribution >= 4 is 40.9 Å². The van der Waals surface area contributed by atoms with Gasteiger partial charge in [0, 0.05) is 33.6 Å². The maximum atomic E-state index is 12.8. The number of ether oxygens (including phenoxy) is 1. The van der Waals surface area contributed by atoms with Crippen molar-refractivity contribution < 1.29 is 14.3 Å². The first-order valence-electron chi connectivity index (χ1n) is 9.51. The van der Waals surface area contributed by atoms with Gasteiger partial charge in [-0.25, -0.2) is 0 Å². The van der Waals surface area contributed by atoms with Crippen LogP contribution in [-0.2, 0) is 4.79 Å². The van der Waals surface area contributed by atoms with Crippen molar-refractivity contribution in [2.45, 2.75) is 19.4 Å². The maximum absolute atomic E-state index is 12.8. The van der Waals surface area contributed by atoms with Gasteiger partial charge in [0.15, 0.2) is 11.4 Å². The molecular weight excluding hydrogens is 414 g/mol. The van der Waals surface area contributed by atoms with Crippen molar-refractivity contribution in [3.05, 3.63) is 88.4 Å². The van der Waals surface area contributed by atoms with Crippen LogP contribution in [0.4, 0.5) is 11.4 Å². The Kier molecular flexibility index (Phi) is 6.42. The van der Waals surface area contributed by atoms with Gasteiger partial charge in [0.1, 0.15) is 5.75 Å². The second kappa shape index (κ2) is 9.02. The highest BCUT2D eigenvalue weighted by Gasteiger charge is 2.30. The quantitative estimate of drug-likeness (QED) is 0.277. The van der Waals surface area contributed by atoms with Crippen LogP contribution in [0.2, 0.25) is 5.02 Å². The molecule has 0 aromatic heterocycles. The topological polar surface area (TPSA) is 105 Å². The minimum absolute atomic E-state index is 0.138. The Hall–Kier alpha value is -3.64. The molecule has 0 heterocycles. The highest BCUT2D eigenvalue weighted by molar-refractivity contribution is 6.30. The molecule has 0 saturated carbocycles. The van der Waals surface area contributed by atoms with Gasteiger partial charge in [-0.2, -0.15) is 0 Å². The van der Waals surface area contributed by atoms with E-state index in [9.17, 15) is 9.59 Å². The van der Waals surface area contributed by atoms with E-state index in [-0.39, 0.29) is 5.78 Å². The molecule has 0 saturated heterocycles. The van der Waals surface area contributed by atoms with Gasteiger partial charge >= 0.3 is 0 Å². The first kappa shape index (κ1) is 22.1. The van der Waals surface area contributed by atoms with Gasteiger partial charge in [0.2, 0.25) is 0 Å². The summed E-state index contributed by atoms with van der Waals surface area (Å²) in [6, 6.07) is 18.3. The van der Waals surface area contributed by atoms with E-state index < -0.39 is 11.5 Å². The third-order valence-corrected chi connectivity index (χ3v) is 4.93. The number of carbonyl (C=O) groups is 2. The molecule has 0 fully saturated rings. The number of hydrogen-bond acceptors (Lipinski definition) is 5.